The smallest absolute Gasteiger partial charge is 0.295 e. The number of morpholine rings is 1. The average Bonchev–Trinajstić information content (AvgIpc) is 3.18. The molecule has 2 saturated heterocycles. The van der Waals surface area contributed by atoms with E-state index in [1.807, 2.05) is 38.1 Å². The van der Waals surface area contributed by atoms with Crippen molar-refractivity contribution in [2.24, 2.45) is 0 Å². The molecule has 0 saturated carbocycles. The first-order valence-corrected chi connectivity index (χ1v) is 13.1. The highest BCUT2D eigenvalue weighted by Gasteiger charge is 2.45. The third-order valence-electron chi connectivity index (χ3n) is 6.62. The fourth-order valence-corrected chi connectivity index (χ4v) is 4.74. The van der Waals surface area contributed by atoms with Crippen LogP contribution in [0.1, 0.15) is 43.9 Å². The van der Waals surface area contributed by atoms with E-state index in [0.29, 0.717) is 50.7 Å². The van der Waals surface area contributed by atoms with Gasteiger partial charge in [-0.2, -0.15) is 0 Å². The minimum absolute atomic E-state index is 0.0998. The van der Waals surface area contributed by atoms with Crippen molar-refractivity contribution in [1.29, 1.82) is 0 Å². The zero-order chi connectivity index (χ0) is 26.2. The number of hydrogen-bond acceptors (Lipinski definition) is 7. The van der Waals surface area contributed by atoms with Crippen molar-refractivity contribution < 1.29 is 28.9 Å². The number of rotatable bonds is 11. The largest absolute Gasteiger partial charge is 0.507 e. The first-order chi connectivity index (χ1) is 18.0. The first kappa shape index (κ1) is 26.7. The maximum atomic E-state index is 13.3. The lowest BCUT2D eigenvalue weighted by Gasteiger charge is -2.29. The van der Waals surface area contributed by atoms with Crippen LogP contribution in [0.3, 0.4) is 0 Å². The number of ether oxygens (including phenoxy) is 3. The summed E-state index contributed by atoms with van der Waals surface area (Å²) in [5.74, 6) is -0.0589. The topological polar surface area (TPSA) is 88.5 Å². The van der Waals surface area contributed by atoms with Crippen molar-refractivity contribution in [1.82, 2.24) is 9.80 Å². The summed E-state index contributed by atoms with van der Waals surface area (Å²) in [6.45, 7) is 9.42. The van der Waals surface area contributed by atoms with Gasteiger partial charge in [-0.05, 0) is 61.7 Å². The van der Waals surface area contributed by atoms with Crippen LogP contribution in [-0.4, -0.2) is 79.2 Å². The molecule has 0 aromatic heterocycles. The zero-order valence-corrected chi connectivity index (χ0v) is 21.7. The minimum atomic E-state index is -0.684. The fraction of sp³-hybridized carbons (Fsp3) is 0.448. The van der Waals surface area contributed by atoms with Gasteiger partial charge in [-0.25, -0.2) is 0 Å². The highest BCUT2D eigenvalue weighted by molar-refractivity contribution is 6.46. The molecule has 0 unspecified atom stereocenters. The van der Waals surface area contributed by atoms with Crippen molar-refractivity contribution >= 4 is 17.4 Å². The Morgan fingerprint density at radius 3 is 2.24 bits per heavy atom. The van der Waals surface area contributed by atoms with E-state index in [1.165, 1.54) is 0 Å². The van der Waals surface area contributed by atoms with Gasteiger partial charge in [-0.1, -0.05) is 19.1 Å². The van der Waals surface area contributed by atoms with Gasteiger partial charge < -0.3 is 24.2 Å². The van der Waals surface area contributed by atoms with Gasteiger partial charge in [0.15, 0.2) is 0 Å². The van der Waals surface area contributed by atoms with Crippen LogP contribution in [0.2, 0.25) is 0 Å². The van der Waals surface area contributed by atoms with E-state index in [0.717, 1.165) is 37.4 Å². The van der Waals surface area contributed by atoms with Gasteiger partial charge in [0.05, 0.1) is 38.0 Å². The number of Topliss-reactive ketones (excluding diaryl/α,β-unsaturated/α-hetero) is 1. The van der Waals surface area contributed by atoms with Crippen LogP contribution in [0.4, 0.5) is 0 Å². The summed E-state index contributed by atoms with van der Waals surface area (Å²) in [6, 6.07) is 13.6. The maximum Gasteiger partial charge on any atom is 0.295 e. The summed E-state index contributed by atoms with van der Waals surface area (Å²) in [7, 11) is 0. The van der Waals surface area contributed by atoms with Gasteiger partial charge in [0, 0.05) is 31.7 Å². The van der Waals surface area contributed by atoms with E-state index >= 15 is 0 Å². The summed E-state index contributed by atoms with van der Waals surface area (Å²) in [5, 5.41) is 11.3. The van der Waals surface area contributed by atoms with Crippen molar-refractivity contribution in [3.8, 4) is 11.5 Å². The van der Waals surface area contributed by atoms with Gasteiger partial charge in [0.2, 0.25) is 0 Å². The number of likely N-dealkylation sites (tertiary alicyclic amines) is 1. The van der Waals surface area contributed by atoms with Crippen LogP contribution < -0.4 is 9.47 Å². The normalized spacial score (nSPS) is 19.8. The predicted octanol–water partition coefficient (Wildman–Crippen LogP) is 4.02. The quantitative estimate of drug-likeness (QED) is 0.279. The number of nitrogens with zero attached hydrogens (tertiary/aromatic N) is 2. The van der Waals surface area contributed by atoms with Crippen molar-refractivity contribution in [3.63, 3.8) is 0 Å². The molecule has 2 fully saturated rings. The number of hydrogen-bond donors (Lipinski definition) is 1. The number of aliphatic hydroxyl groups is 1. The summed E-state index contributed by atoms with van der Waals surface area (Å²) < 4.78 is 16.6. The van der Waals surface area contributed by atoms with Crippen molar-refractivity contribution in [3.05, 3.63) is 65.2 Å². The Bertz CT molecular complexity index is 1090. The molecule has 1 amide bonds. The van der Waals surface area contributed by atoms with E-state index in [9.17, 15) is 14.7 Å². The lowest BCUT2D eigenvalue weighted by Crippen LogP contribution is -2.38. The lowest BCUT2D eigenvalue weighted by molar-refractivity contribution is -0.140. The lowest BCUT2D eigenvalue weighted by atomic mass is 9.95. The molecule has 2 aliphatic rings. The van der Waals surface area contributed by atoms with E-state index in [-0.39, 0.29) is 11.3 Å². The second kappa shape index (κ2) is 12.7. The Morgan fingerprint density at radius 1 is 0.946 bits per heavy atom. The van der Waals surface area contributed by atoms with E-state index in [1.54, 1.807) is 29.2 Å². The van der Waals surface area contributed by atoms with E-state index in [2.05, 4.69) is 4.90 Å². The van der Waals surface area contributed by atoms with E-state index in [4.69, 9.17) is 14.2 Å². The highest BCUT2D eigenvalue weighted by Crippen LogP contribution is 2.40. The molecule has 0 spiro atoms. The zero-order valence-electron chi connectivity index (χ0n) is 21.7. The van der Waals surface area contributed by atoms with Crippen LogP contribution in [0.15, 0.2) is 54.1 Å². The summed E-state index contributed by atoms with van der Waals surface area (Å²) in [5.41, 5.74) is 1.31. The molecule has 37 heavy (non-hydrogen) atoms. The third kappa shape index (κ3) is 6.32. The third-order valence-corrected chi connectivity index (χ3v) is 6.62. The van der Waals surface area contributed by atoms with Crippen LogP contribution >= 0.6 is 0 Å². The van der Waals surface area contributed by atoms with E-state index < -0.39 is 17.7 Å². The summed E-state index contributed by atoms with van der Waals surface area (Å²) >= 11 is 0. The van der Waals surface area contributed by atoms with Crippen molar-refractivity contribution in [2.45, 2.75) is 32.7 Å². The number of carbonyl (C=O) groups is 2. The predicted molar refractivity (Wildman–Crippen MR) is 141 cm³/mol. The first-order valence-electron chi connectivity index (χ1n) is 13.1. The molecule has 0 bridgehead atoms. The molecule has 4 rings (SSSR count). The average molecular weight is 509 g/mol. The second-order valence-corrected chi connectivity index (χ2v) is 9.17. The molecule has 8 heteroatoms. The van der Waals surface area contributed by atoms with Crippen LogP contribution in [-0.2, 0) is 14.3 Å². The van der Waals surface area contributed by atoms with Crippen molar-refractivity contribution in [2.75, 3.05) is 52.6 Å². The molecule has 0 aliphatic carbocycles. The molecule has 2 aromatic carbocycles. The molecule has 1 atom stereocenters. The Balaban J connectivity index is 1.64. The number of carbonyl (C=O) groups excluding carboxylic acids is 2. The summed E-state index contributed by atoms with van der Waals surface area (Å²) in [4.78, 5) is 30.4. The Morgan fingerprint density at radius 2 is 1.59 bits per heavy atom. The standard InChI is InChI=1S/C29H36N2O6/c1-3-18-37-24-10-6-21(7-11-24)26-25(27(32)22-8-12-23(13-9-22)36-4-2)28(33)29(34)31(26)15-5-14-30-16-19-35-20-17-30/h6-13,26,32H,3-5,14-20H2,1-2H3/t26-/m1/s1. The molecule has 1 N–H and O–H groups in total. The van der Waals surface area contributed by atoms with Gasteiger partial charge in [0.1, 0.15) is 17.3 Å². The number of aliphatic hydroxyl groups excluding tert-OH is 1. The monoisotopic (exact) mass is 508 g/mol. The second-order valence-electron chi connectivity index (χ2n) is 9.17. The number of amides is 1. The number of ketones is 1. The van der Waals surface area contributed by atoms with Crippen LogP contribution in [0.25, 0.3) is 5.76 Å². The van der Waals surface area contributed by atoms with Gasteiger partial charge >= 0.3 is 0 Å². The molecule has 198 valence electrons. The minimum Gasteiger partial charge on any atom is -0.507 e. The molecule has 2 heterocycles. The molecule has 2 aliphatic heterocycles. The Hall–Kier alpha value is -3.36. The van der Waals surface area contributed by atoms with Gasteiger partial charge in [-0.3, -0.25) is 14.5 Å². The highest BCUT2D eigenvalue weighted by atomic mass is 16.5. The van der Waals surface area contributed by atoms with Crippen LogP contribution in [0.5, 0.6) is 11.5 Å². The fourth-order valence-electron chi connectivity index (χ4n) is 4.74. The van der Waals surface area contributed by atoms with Gasteiger partial charge in [-0.15, -0.1) is 0 Å². The Kier molecular flexibility index (Phi) is 9.19. The number of benzene rings is 2. The molecule has 2 aromatic rings. The molecule has 8 nitrogen and oxygen atoms in total. The molecular weight excluding hydrogens is 472 g/mol. The summed E-state index contributed by atoms with van der Waals surface area (Å²) in [6.07, 6.45) is 1.61. The maximum absolute atomic E-state index is 13.3. The molecule has 0 radical (unpaired) electrons. The molecular formula is C29H36N2O6. The SMILES string of the molecule is CCCOc1ccc([C@@H]2C(=C(O)c3ccc(OCC)cc3)C(=O)C(=O)N2CCCN2CCOCC2)cc1. The Labute approximate surface area is 218 Å². The van der Waals surface area contributed by atoms with Crippen LogP contribution in [0, 0.1) is 0 Å². The van der Waals surface area contributed by atoms with Gasteiger partial charge in [0.25, 0.3) is 11.7 Å².